The topological polar surface area (TPSA) is 51.2 Å². The minimum absolute atomic E-state index is 0. The zero-order valence-electron chi connectivity index (χ0n) is 5.47. The Kier molecular flexibility index (Phi) is 8.36. The summed E-state index contributed by atoms with van der Waals surface area (Å²) in [4.78, 5) is 30.1. The summed E-state index contributed by atoms with van der Waals surface area (Å²) in [5.74, 6) is -0.576. The Balaban J connectivity index is 0. The van der Waals surface area contributed by atoms with Gasteiger partial charge in [0.15, 0.2) is 0 Å². The fourth-order valence-corrected chi connectivity index (χ4v) is 0.421. The van der Waals surface area contributed by atoms with Gasteiger partial charge < -0.3 is 9.59 Å². The maximum Gasteiger partial charge on any atom is 0.137 e. The fraction of sp³-hybridized carbons (Fsp3) is 0.500. The van der Waals surface area contributed by atoms with Gasteiger partial charge in [0.05, 0.1) is 6.42 Å². The molecule has 0 aromatic rings. The SMILES string of the molecule is CC(=O)CC(=O)C[C-]=O.[Ir]. The Labute approximate surface area is 72.5 Å². The molecule has 0 heterocycles. The molecule has 1 radical (unpaired) electrons. The van der Waals surface area contributed by atoms with Gasteiger partial charge in [-0.25, -0.2) is 0 Å². The smallest absolute Gasteiger partial charge is 0.137 e. The number of carbonyl (C=O) groups is 2. The summed E-state index contributed by atoms with van der Waals surface area (Å²) < 4.78 is 0. The van der Waals surface area contributed by atoms with Gasteiger partial charge in [0.1, 0.15) is 11.6 Å². The van der Waals surface area contributed by atoms with Crippen LogP contribution in [-0.4, -0.2) is 17.9 Å². The first kappa shape index (κ1) is 12.3. The zero-order valence-corrected chi connectivity index (χ0v) is 7.87. The van der Waals surface area contributed by atoms with E-state index in [0.717, 1.165) is 0 Å². The summed E-state index contributed by atoms with van der Waals surface area (Å²) in [6.07, 6.45) is 1.01. The molecule has 0 aliphatic heterocycles. The van der Waals surface area contributed by atoms with Crippen molar-refractivity contribution in [2.45, 2.75) is 19.8 Å². The first-order valence-corrected chi connectivity index (χ1v) is 2.53. The summed E-state index contributed by atoms with van der Waals surface area (Å²) in [7, 11) is 0. The van der Waals surface area contributed by atoms with E-state index in [9.17, 15) is 14.4 Å². The van der Waals surface area contributed by atoms with Crippen LogP contribution in [0.4, 0.5) is 0 Å². The Bertz CT molecular complexity index is 142. The number of hydrogen-bond acceptors (Lipinski definition) is 3. The van der Waals surface area contributed by atoms with Crippen molar-refractivity contribution in [3.63, 3.8) is 0 Å². The quantitative estimate of drug-likeness (QED) is 0.543. The van der Waals surface area contributed by atoms with Crippen LogP contribution in [0.3, 0.4) is 0 Å². The van der Waals surface area contributed by atoms with Gasteiger partial charge in [-0.05, 0) is 6.92 Å². The molecular formula is C6H7IrO3-. The van der Waals surface area contributed by atoms with Crippen LogP contribution in [0.15, 0.2) is 0 Å². The minimum Gasteiger partial charge on any atom is -0.541 e. The van der Waals surface area contributed by atoms with Crippen molar-refractivity contribution in [3.8, 4) is 0 Å². The van der Waals surface area contributed by atoms with E-state index in [1.807, 2.05) is 0 Å². The normalized spacial score (nSPS) is 7.70. The zero-order chi connectivity index (χ0) is 7.28. The van der Waals surface area contributed by atoms with Gasteiger partial charge in [0.25, 0.3) is 0 Å². The van der Waals surface area contributed by atoms with Gasteiger partial charge in [-0.1, -0.05) is 6.42 Å². The summed E-state index contributed by atoms with van der Waals surface area (Å²) in [6, 6.07) is 0. The van der Waals surface area contributed by atoms with Crippen molar-refractivity contribution in [2.24, 2.45) is 0 Å². The number of carbonyl (C=O) groups excluding carboxylic acids is 3. The molecule has 0 aromatic carbocycles. The molecular weight excluding hydrogens is 312 g/mol. The second kappa shape index (κ2) is 6.77. The largest absolute Gasteiger partial charge is 0.541 e. The molecule has 0 aromatic heterocycles. The third-order valence-electron chi connectivity index (χ3n) is 0.715. The van der Waals surface area contributed by atoms with Gasteiger partial charge >= 0.3 is 0 Å². The van der Waals surface area contributed by atoms with E-state index >= 15 is 0 Å². The van der Waals surface area contributed by atoms with E-state index in [1.165, 1.54) is 13.2 Å². The van der Waals surface area contributed by atoms with Crippen molar-refractivity contribution in [1.82, 2.24) is 0 Å². The van der Waals surface area contributed by atoms with Crippen LogP contribution < -0.4 is 0 Å². The molecule has 59 valence electrons. The first-order valence-electron chi connectivity index (χ1n) is 2.53. The number of Topliss-reactive ketones (excluding diaryl/α,β-unsaturated/α-hetero) is 2. The monoisotopic (exact) mass is 320 g/mol. The first-order chi connectivity index (χ1) is 4.16. The summed E-state index contributed by atoms with van der Waals surface area (Å²) >= 11 is 0. The molecule has 0 rings (SSSR count). The van der Waals surface area contributed by atoms with E-state index in [1.54, 1.807) is 0 Å². The van der Waals surface area contributed by atoms with Crippen molar-refractivity contribution >= 4 is 17.9 Å². The standard InChI is InChI=1S/C6H7O3.Ir/c1-5(8)4-6(9)2-3-7;/h2,4H2,1H3;/q-1;. The molecule has 0 bridgehead atoms. The predicted molar refractivity (Wildman–Crippen MR) is 30.6 cm³/mol. The van der Waals surface area contributed by atoms with Crippen LogP contribution in [-0.2, 0) is 34.5 Å². The van der Waals surface area contributed by atoms with Gasteiger partial charge in [0, 0.05) is 20.1 Å². The molecule has 0 aliphatic carbocycles. The molecule has 0 fully saturated rings. The van der Waals surface area contributed by atoms with Gasteiger partial charge in [0.2, 0.25) is 0 Å². The molecule has 0 spiro atoms. The van der Waals surface area contributed by atoms with Crippen LogP contribution in [0.1, 0.15) is 19.8 Å². The molecule has 0 saturated carbocycles. The van der Waals surface area contributed by atoms with E-state index < -0.39 is 0 Å². The van der Waals surface area contributed by atoms with Crippen LogP contribution in [0.25, 0.3) is 0 Å². The average Bonchev–Trinajstić information content (AvgIpc) is 1.63. The third kappa shape index (κ3) is 7.66. The molecule has 0 atom stereocenters. The summed E-state index contributed by atoms with van der Waals surface area (Å²) in [5.41, 5.74) is 0. The number of rotatable bonds is 4. The van der Waals surface area contributed by atoms with Crippen molar-refractivity contribution in [3.05, 3.63) is 0 Å². The molecule has 0 amide bonds. The van der Waals surface area contributed by atoms with Crippen molar-refractivity contribution < 1.29 is 34.5 Å². The van der Waals surface area contributed by atoms with E-state index in [4.69, 9.17) is 0 Å². The number of ketones is 2. The average molecular weight is 319 g/mol. The van der Waals surface area contributed by atoms with E-state index in [0.29, 0.717) is 0 Å². The van der Waals surface area contributed by atoms with E-state index in [2.05, 4.69) is 0 Å². The van der Waals surface area contributed by atoms with Crippen LogP contribution >= 0.6 is 0 Å². The fourth-order valence-electron chi connectivity index (χ4n) is 0.421. The van der Waals surface area contributed by atoms with Crippen LogP contribution in [0.2, 0.25) is 0 Å². The molecule has 3 nitrogen and oxygen atoms in total. The van der Waals surface area contributed by atoms with Gasteiger partial charge in [-0.3, -0.25) is 11.1 Å². The molecule has 0 aliphatic rings. The Morgan fingerprint density at radius 3 is 2.20 bits per heavy atom. The van der Waals surface area contributed by atoms with Gasteiger partial charge in [-0.15, -0.1) is 0 Å². The molecule has 10 heavy (non-hydrogen) atoms. The van der Waals surface area contributed by atoms with E-state index in [-0.39, 0.29) is 44.5 Å². The second-order valence-electron chi connectivity index (χ2n) is 1.74. The number of hydrogen-bond donors (Lipinski definition) is 0. The molecule has 0 saturated heterocycles. The molecule has 4 heteroatoms. The Morgan fingerprint density at radius 1 is 1.40 bits per heavy atom. The predicted octanol–water partition coefficient (Wildman–Crippen LogP) is 0.0319. The Hall–Kier alpha value is -0.341. The Morgan fingerprint density at radius 2 is 1.90 bits per heavy atom. The van der Waals surface area contributed by atoms with Gasteiger partial charge in [-0.2, -0.15) is 0 Å². The summed E-state index contributed by atoms with van der Waals surface area (Å²) in [5, 5.41) is 0. The van der Waals surface area contributed by atoms with Crippen LogP contribution in [0.5, 0.6) is 0 Å². The second-order valence-corrected chi connectivity index (χ2v) is 1.74. The maximum absolute atomic E-state index is 10.4. The molecule has 0 N–H and O–H groups in total. The molecule has 0 unspecified atom stereocenters. The maximum atomic E-state index is 10.4. The van der Waals surface area contributed by atoms with Crippen molar-refractivity contribution in [1.29, 1.82) is 0 Å². The summed E-state index contributed by atoms with van der Waals surface area (Å²) in [6.45, 7) is 1.31. The van der Waals surface area contributed by atoms with Crippen molar-refractivity contribution in [2.75, 3.05) is 0 Å². The minimum atomic E-state index is -0.363. The third-order valence-corrected chi connectivity index (χ3v) is 0.715. The van der Waals surface area contributed by atoms with Crippen LogP contribution in [0, 0.1) is 0 Å².